The molecule has 2 rings (SSSR count). The number of pyridine rings is 1. The normalized spacial score (nSPS) is 14.4. The summed E-state index contributed by atoms with van der Waals surface area (Å²) in [5.74, 6) is -0.153. The maximum absolute atomic E-state index is 11.4. The van der Waals surface area contributed by atoms with Crippen LogP contribution in [-0.4, -0.2) is 16.8 Å². The Kier molecular flexibility index (Phi) is 3.44. The van der Waals surface area contributed by atoms with E-state index in [1.54, 1.807) is 0 Å². The fourth-order valence-electron chi connectivity index (χ4n) is 2.13. The van der Waals surface area contributed by atoms with Crippen LogP contribution in [0.3, 0.4) is 0 Å². The van der Waals surface area contributed by atoms with Gasteiger partial charge >= 0.3 is 0 Å². The minimum Gasteiger partial charge on any atom is -0.324 e. The van der Waals surface area contributed by atoms with Crippen LogP contribution in [0.15, 0.2) is 6.20 Å². The second-order valence-electron chi connectivity index (χ2n) is 4.13. The Balaban J connectivity index is 2.37. The predicted octanol–water partition coefficient (Wildman–Crippen LogP) is 2.45. The number of alkyl halides is 1. The van der Waals surface area contributed by atoms with E-state index in [1.165, 1.54) is 18.4 Å². The second kappa shape index (κ2) is 4.83. The minimum absolute atomic E-state index is 0.00344. The van der Waals surface area contributed by atoms with Crippen LogP contribution in [0.4, 0.5) is 5.69 Å². The Morgan fingerprint density at radius 3 is 3.00 bits per heavy atom. The average Bonchev–Trinajstić information content (AvgIpc) is 2.32. The molecule has 86 valence electrons. The molecule has 0 saturated heterocycles. The molecule has 0 bridgehead atoms. The van der Waals surface area contributed by atoms with E-state index in [1.807, 2.05) is 13.1 Å². The average molecular weight is 239 g/mol. The summed E-state index contributed by atoms with van der Waals surface area (Å²) in [7, 11) is 0. The van der Waals surface area contributed by atoms with Gasteiger partial charge in [0.2, 0.25) is 5.91 Å². The largest absolute Gasteiger partial charge is 0.324 e. The number of amides is 1. The maximum Gasteiger partial charge on any atom is 0.239 e. The maximum atomic E-state index is 11.4. The number of aromatic nitrogens is 1. The topological polar surface area (TPSA) is 42.0 Å². The third kappa shape index (κ3) is 2.19. The van der Waals surface area contributed by atoms with E-state index < -0.39 is 0 Å². The van der Waals surface area contributed by atoms with E-state index in [4.69, 9.17) is 11.6 Å². The van der Waals surface area contributed by atoms with Crippen molar-refractivity contribution in [3.63, 3.8) is 0 Å². The lowest BCUT2D eigenvalue weighted by molar-refractivity contribution is -0.113. The van der Waals surface area contributed by atoms with Crippen LogP contribution in [0.1, 0.15) is 29.7 Å². The number of fused-ring (bicyclic) bond motifs is 1. The van der Waals surface area contributed by atoms with Gasteiger partial charge in [0, 0.05) is 11.9 Å². The highest BCUT2D eigenvalue weighted by Gasteiger charge is 2.17. The van der Waals surface area contributed by atoms with Crippen molar-refractivity contribution >= 4 is 23.2 Å². The summed E-state index contributed by atoms with van der Waals surface area (Å²) in [6, 6.07) is 0. The van der Waals surface area contributed by atoms with Crippen LogP contribution < -0.4 is 5.32 Å². The van der Waals surface area contributed by atoms with E-state index in [0.29, 0.717) is 0 Å². The number of aryl methyl sites for hydroxylation is 2. The van der Waals surface area contributed by atoms with Crippen molar-refractivity contribution < 1.29 is 4.79 Å². The van der Waals surface area contributed by atoms with Crippen LogP contribution >= 0.6 is 11.6 Å². The molecule has 1 aliphatic rings. The molecule has 1 aliphatic carbocycles. The number of anilines is 1. The Hall–Kier alpha value is -1.09. The molecule has 0 spiro atoms. The first-order chi connectivity index (χ1) is 7.72. The third-order valence-electron chi connectivity index (χ3n) is 2.93. The molecule has 1 aromatic rings. The molecule has 0 saturated carbocycles. The summed E-state index contributed by atoms with van der Waals surface area (Å²) in [6.45, 7) is 1.96. The number of halogens is 1. The number of carbonyl (C=O) groups is 1. The standard InChI is InChI=1S/C12H15ClN2O/c1-8-7-14-10-5-3-2-4-9(10)12(8)15-11(16)6-13/h7H,2-6H2,1H3,(H,14,15,16). The summed E-state index contributed by atoms with van der Waals surface area (Å²) in [5.41, 5.74) is 4.26. The van der Waals surface area contributed by atoms with Crippen LogP contribution in [0.25, 0.3) is 0 Å². The van der Waals surface area contributed by atoms with Gasteiger partial charge in [-0.05, 0) is 43.7 Å². The van der Waals surface area contributed by atoms with Gasteiger partial charge in [-0.2, -0.15) is 0 Å². The van der Waals surface area contributed by atoms with E-state index in [2.05, 4.69) is 10.3 Å². The molecule has 1 amide bonds. The molecule has 0 unspecified atom stereocenters. The van der Waals surface area contributed by atoms with Crippen molar-refractivity contribution in [2.24, 2.45) is 0 Å². The Bertz CT molecular complexity index is 418. The molecular formula is C12H15ClN2O. The molecule has 1 heterocycles. The molecule has 0 radical (unpaired) electrons. The van der Waals surface area contributed by atoms with Gasteiger partial charge in [0.1, 0.15) is 5.88 Å². The summed E-state index contributed by atoms with van der Waals surface area (Å²) in [5, 5.41) is 2.88. The highest BCUT2D eigenvalue weighted by Crippen LogP contribution is 2.28. The summed E-state index contributed by atoms with van der Waals surface area (Å²) in [4.78, 5) is 15.8. The molecule has 0 fully saturated rings. The molecule has 4 heteroatoms. The van der Waals surface area contributed by atoms with Crippen LogP contribution in [0, 0.1) is 6.92 Å². The Labute approximate surface area is 100 Å². The number of carbonyl (C=O) groups excluding carboxylic acids is 1. The Morgan fingerprint density at radius 2 is 2.25 bits per heavy atom. The zero-order valence-corrected chi connectivity index (χ0v) is 10.1. The van der Waals surface area contributed by atoms with Crippen molar-refractivity contribution in [2.45, 2.75) is 32.6 Å². The molecule has 0 atom stereocenters. The molecule has 1 N–H and O–H groups in total. The van der Waals surface area contributed by atoms with Crippen LogP contribution in [0.2, 0.25) is 0 Å². The van der Waals surface area contributed by atoms with Gasteiger partial charge in [-0.1, -0.05) is 0 Å². The van der Waals surface area contributed by atoms with E-state index in [0.717, 1.165) is 29.8 Å². The molecule has 3 nitrogen and oxygen atoms in total. The molecule has 1 aromatic heterocycles. The fourth-order valence-corrected chi connectivity index (χ4v) is 2.19. The first-order valence-corrected chi connectivity index (χ1v) is 6.09. The summed E-state index contributed by atoms with van der Waals surface area (Å²) < 4.78 is 0. The third-order valence-corrected chi connectivity index (χ3v) is 3.18. The van der Waals surface area contributed by atoms with Gasteiger partial charge in [0.25, 0.3) is 0 Å². The monoisotopic (exact) mass is 238 g/mol. The quantitative estimate of drug-likeness (QED) is 0.805. The van der Waals surface area contributed by atoms with Gasteiger partial charge in [-0.15, -0.1) is 11.6 Å². The summed E-state index contributed by atoms with van der Waals surface area (Å²) in [6.07, 6.45) is 6.20. The van der Waals surface area contributed by atoms with Gasteiger partial charge in [-0.25, -0.2) is 0 Å². The van der Waals surface area contributed by atoms with Gasteiger partial charge in [-0.3, -0.25) is 9.78 Å². The van der Waals surface area contributed by atoms with E-state index in [9.17, 15) is 4.79 Å². The van der Waals surface area contributed by atoms with E-state index in [-0.39, 0.29) is 11.8 Å². The highest BCUT2D eigenvalue weighted by molar-refractivity contribution is 6.29. The van der Waals surface area contributed by atoms with Crippen molar-refractivity contribution in [3.05, 3.63) is 23.0 Å². The number of nitrogens with one attached hydrogen (secondary N) is 1. The van der Waals surface area contributed by atoms with Gasteiger partial charge < -0.3 is 5.32 Å². The minimum atomic E-state index is -0.149. The summed E-state index contributed by atoms with van der Waals surface area (Å²) >= 11 is 5.51. The van der Waals surface area contributed by atoms with Crippen LogP contribution in [-0.2, 0) is 17.6 Å². The lowest BCUT2D eigenvalue weighted by atomic mass is 9.93. The molecule has 16 heavy (non-hydrogen) atoms. The first kappa shape index (κ1) is 11.4. The van der Waals surface area contributed by atoms with Crippen molar-refractivity contribution in [3.8, 4) is 0 Å². The second-order valence-corrected chi connectivity index (χ2v) is 4.40. The van der Waals surface area contributed by atoms with Gasteiger partial charge in [0.15, 0.2) is 0 Å². The zero-order chi connectivity index (χ0) is 11.5. The fraction of sp³-hybridized carbons (Fsp3) is 0.500. The molecular weight excluding hydrogens is 224 g/mol. The van der Waals surface area contributed by atoms with Crippen molar-refractivity contribution in [2.75, 3.05) is 11.2 Å². The van der Waals surface area contributed by atoms with Crippen molar-refractivity contribution in [1.82, 2.24) is 4.98 Å². The number of rotatable bonds is 2. The SMILES string of the molecule is Cc1cnc2c(c1NC(=O)CCl)CCCC2. The zero-order valence-electron chi connectivity index (χ0n) is 9.35. The molecule has 0 aliphatic heterocycles. The predicted molar refractivity (Wildman–Crippen MR) is 65.0 cm³/mol. The molecule has 0 aromatic carbocycles. The number of hydrogen-bond donors (Lipinski definition) is 1. The smallest absolute Gasteiger partial charge is 0.239 e. The van der Waals surface area contributed by atoms with Crippen molar-refractivity contribution in [1.29, 1.82) is 0 Å². The first-order valence-electron chi connectivity index (χ1n) is 5.55. The van der Waals surface area contributed by atoms with Crippen LogP contribution in [0.5, 0.6) is 0 Å². The van der Waals surface area contributed by atoms with E-state index >= 15 is 0 Å². The lowest BCUT2D eigenvalue weighted by Crippen LogP contribution is -2.18. The number of hydrogen-bond acceptors (Lipinski definition) is 2. The Morgan fingerprint density at radius 1 is 1.50 bits per heavy atom. The highest BCUT2D eigenvalue weighted by atomic mass is 35.5. The number of nitrogens with zero attached hydrogens (tertiary/aromatic N) is 1. The lowest BCUT2D eigenvalue weighted by Gasteiger charge is -2.20. The van der Waals surface area contributed by atoms with Gasteiger partial charge in [0.05, 0.1) is 5.69 Å².